The van der Waals surface area contributed by atoms with Crippen molar-refractivity contribution in [2.45, 2.75) is 46.1 Å². The third-order valence-corrected chi connectivity index (χ3v) is 5.33. The van der Waals surface area contributed by atoms with E-state index in [9.17, 15) is 0 Å². The first-order valence-corrected chi connectivity index (χ1v) is 10.3. The molecule has 2 aromatic rings. The van der Waals surface area contributed by atoms with Crippen LogP contribution in [0.2, 0.25) is 0 Å². The summed E-state index contributed by atoms with van der Waals surface area (Å²) < 4.78 is 2.06. The van der Waals surface area contributed by atoms with E-state index in [1.807, 2.05) is 24.4 Å². The minimum atomic E-state index is 0.645. The molecule has 1 fully saturated rings. The Morgan fingerprint density at radius 3 is 2.89 bits per heavy atom. The minimum Gasteiger partial charge on any atom is -0.357 e. The molecule has 7 nitrogen and oxygen atoms in total. The maximum atomic E-state index is 4.88. The van der Waals surface area contributed by atoms with Crippen LogP contribution in [0.1, 0.15) is 39.4 Å². The molecule has 0 bridgehead atoms. The molecule has 0 saturated carbocycles. The molecule has 0 radical (unpaired) electrons. The summed E-state index contributed by atoms with van der Waals surface area (Å²) in [6, 6.07) is 6.63. The molecule has 3 heterocycles. The van der Waals surface area contributed by atoms with E-state index < -0.39 is 0 Å². The highest BCUT2D eigenvalue weighted by molar-refractivity contribution is 5.80. The molecule has 0 aromatic carbocycles. The summed E-state index contributed by atoms with van der Waals surface area (Å²) in [5, 5.41) is 12.0. The zero-order valence-electron chi connectivity index (χ0n) is 16.9. The second kappa shape index (κ2) is 9.69. The molecule has 0 spiro atoms. The molecule has 0 amide bonds. The van der Waals surface area contributed by atoms with Gasteiger partial charge in [-0.3, -0.25) is 14.3 Å². The molecular formula is C20H33N7. The van der Waals surface area contributed by atoms with Crippen molar-refractivity contribution in [3.8, 4) is 0 Å². The molecule has 1 aliphatic heterocycles. The molecule has 1 atom stereocenters. The molecule has 1 saturated heterocycles. The lowest BCUT2D eigenvalue weighted by molar-refractivity contribution is 0.223. The van der Waals surface area contributed by atoms with E-state index in [-0.39, 0.29) is 0 Å². The van der Waals surface area contributed by atoms with Gasteiger partial charge in [0.15, 0.2) is 11.6 Å². The summed E-state index contributed by atoms with van der Waals surface area (Å²) >= 11 is 0. The van der Waals surface area contributed by atoms with Crippen LogP contribution in [-0.4, -0.2) is 75.7 Å². The second-order valence-electron chi connectivity index (χ2n) is 6.99. The third kappa shape index (κ3) is 4.77. The fourth-order valence-electron chi connectivity index (χ4n) is 3.88. The van der Waals surface area contributed by atoms with E-state index in [2.05, 4.69) is 50.5 Å². The van der Waals surface area contributed by atoms with Crippen LogP contribution in [0.3, 0.4) is 0 Å². The lowest BCUT2D eigenvalue weighted by Crippen LogP contribution is -2.43. The van der Waals surface area contributed by atoms with Crippen LogP contribution in [0.25, 0.3) is 5.65 Å². The van der Waals surface area contributed by atoms with Crippen LogP contribution < -0.4 is 5.32 Å². The Bertz CT molecular complexity index is 735. The Balaban J connectivity index is 1.55. The van der Waals surface area contributed by atoms with Crippen molar-refractivity contribution in [1.82, 2.24) is 29.7 Å². The number of fused-ring (bicyclic) bond motifs is 1. The topological polar surface area (TPSA) is 61.1 Å². The summed E-state index contributed by atoms with van der Waals surface area (Å²) in [5.74, 6) is 2.06. The number of hydrogen-bond donors (Lipinski definition) is 1. The van der Waals surface area contributed by atoms with E-state index in [4.69, 9.17) is 4.99 Å². The fraction of sp³-hybridized carbons (Fsp3) is 0.650. The standard InChI is InChI=1S/C20H33N7/c1-4-21-20(26-15-12-17(16-26)25(5-2)6-3)22-13-9-11-19-24-23-18-10-7-8-14-27(18)19/h7-8,10,14,17H,4-6,9,11-13,15-16H2,1-3H3,(H,21,22). The lowest BCUT2D eigenvalue weighted by Gasteiger charge is -2.27. The molecule has 1 unspecified atom stereocenters. The normalized spacial score (nSPS) is 18.0. The number of pyridine rings is 1. The summed E-state index contributed by atoms with van der Waals surface area (Å²) in [7, 11) is 0. The predicted molar refractivity (Wildman–Crippen MR) is 110 cm³/mol. The number of aryl methyl sites for hydroxylation is 1. The van der Waals surface area contributed by atoms with Crippen LogP contribution in [0.5, 0.6) is 0 Å². The Morgan fingerprint density at radius 1 is 1.26 bits per heavy atom. The van der Waals surface area contributed by atoms with Gasteiger partial charge in [-0.15, -0.1) is 10.2 Å². The number of nitrogens with zero attached hydrogens (tertiary/aromatic N) is 6. The highest BCUT2D eigenvalue weighted by atomic mass is 15.3. The second-order valence-corrected chi connectivity index (χ2v) is 6.99. The number of aromatic nitrogens is 3. The van der Waals surface area contributed by atoms with Crippen molar-refractivity contribution in [3.05, 3.63) is 30.2 Å². The number of hydrogen-bond acceptors (Lipinski definition) is 4. The molecule has 0 aliphatic carbocycles. The Morgan fingerprint density at radius 2 is 2.11 bits per heavy atom. The zero-order chi connectivity index (χ0) is 19.1. The average molecular weight is 372 g/mol. The smallest absolute Gasteiger partial charge is 0.193 e. The number of nitrogens with one attached hydrogen (secondary N) is 1. The van der Waals surface area contributed by atoms with Crippen LogP contribution >= 0.6 is 0 Å². The summed E-state index contributed by atoms with van der Waals surface area (Å²) in [6.07, 6.45) is 5.10. The molecule has 27 heavy (non-hydrogen) atoms. The van der Waals surface area contributed by atoms with Gasteiger partial charge in [0.25, 0.3) is 0 Å². The first-order chi connectivity index (χ1) is 13.3. The van der Waals surface area contributed by atoms with Crippen LogP contribution in [0.15, 0.2) is 29.4 Å². The van der Waals surface area contributed by atoms with Crippen molar-refractivity contribution in [2.24, 2.45) is 4.99 Å². The monoisotopic (exact) mass is 371 g/mol. The average Bonchev–Trinajstić information content (AvgIpc) is 3.33. The van der Waals surface area contributed by atoms with Gasteiger partial charge >= 0.3 is 0 Å². The lowest BCUT2D eigenvalue weighted by atomic mass is 10.2. The van der Waals surface area contributed by atoms with Gasteiger partial charge in [-0.2, -0.15) is 0 Å². The van der Waals surface area contributed by atoms with Gasteiger partial charge < -0.3 is 10.2 Å². The number of likely N-dealkylation sites (tertiary alicyclic amines) is 1. The molecule has 148 valence electrons. The Labute approximate surface area is 162 Å². The van der Waals surface area contributed by atoms with Crippen molar-refractivity contribution in [2.75, 3.05) is 39.3 Å². The van der Waals surface area contributed by atoms with Gasteiger partial charge in [0, 0.05) is 44.8 Å². The molecule has 1 aliphatic rings. The number of guanidine groups is 1. The highest BCUT2D eigenvalue weighted by Gasteiger charge is 2.27. The SMILES string of the molecule is CCNC(=NCCCc1nnc2ccccn12)N1CCC(N(CC)CC)C1. The summed E-state index contributed by atoms with van der Waals surface area (Å²) in [5.41, 5.74) is 0.906. The zero-order valence-corrected chi connectivity index (χ0v) is 16.9. The summed E-state index contributed by atoms with van der Waals surface area (Å²) in [4.78, 5) is 9.85. The highest BCUT2D eigenvalue weighted by Crippen LogP contribution is 2.15. The number of aliphatic imine (C=N–C) groups is 1. The Kier molecular flexibility index (Phi) is 7.04. The van der Waals surface area contributed by atoms with E-state index >= 15 is 0 Å². The fourth-order valence-corrected chi connectivity index (χ4v) is 3.88. The van der Waals surface area contributed by atoms with Gasteiger partial charge in [-0.25, -0.2) is 0 Å². The van der Waals surface area contributed by atoms with Gasteiger partial charge in [0.2, 0.25) is 0 Å². The quantitative estimate of drug-likeness (QED) is 0.437. The first-order valence-electron chi connectivity index (χ1n) is 10.3. The van der Waals surface area contributed by atoms with E-state index in [0.29, 0.717) is 6.04 Å². The first kappa shape index (κ1) is 19.6. The van der Waals surface area contributed by atoms with E-state index in [1.54, 1.807) is 0 Å². The molecule has 1 N–H and O–H groups in total. The van der Waals surface area contributed by atoms with Gasteiger partial charge in [0.1, 0.15) is 5.82 Å². The molecule has 2 aromatic heterocycles. The van der Waals surface area contributed by atoms with E-state index in [1.165, 1.54) is 6.42 Å². The Hall–Kier alpha value is -2.15. The molecule has 3 rings (SSSR count). The largest absolute Gasteiger partial charge is 0.357 e. The van der Waals surface area contributed by atoms with Crippen molar-refractivity contribution in [1.29, 1.82) is 0 Å². The van der Waals surface area contributed by atoms with Crippen molar-refractivity contribution >= 4 is 11.6 Å². The van der Waals surface area contributed by atoms with Gasteiger partial charge in [-0.05, 0) is 45.0 Å². The minimum absolute atomic E-state index is 0.645. The number of likely N-dealkylation sites (N-methyl/N-ethyl adjacent to an activating group) is 1. The van der Waals surface area contributed by atoms with Crippen LogP contribution in [0, 0.1) is 0 Å². The number of rotatable bonds is 8. The summed E-state index contributed by atoms with van der Waals surface area (Å²) in [6.45, 7) is 12.7. The maximum Gasteiger partial charge on any atom is 0.193 e. The van der Waals surface area contributed by atoms with Gasteiger partial charge in [-0.1, -0.05) is 19.9 Å². The third-order valence-electron chi connectivity index (χ3n) is 5.33. The van der Waals surface area contributed by atoms with Crippen molar-refractivity contribution < 1.29 is 0 Å². The van der Waals surface area contributed by atoms with Gasteiger partial charge in [0.05, 0.1) is 0 Å². The van der Waals surface area contributed by atoms with Crippen LogP contribution in [0.4, 0.5) is 0 Å². The predicted octanol–water partition coefficient (Wildman–Crippen LogP) is 2.04. The molecular weight excluding hydrogens is 338 g/mol. The van der Waals surface area contributed by atoms with Crippen molar-refractivity contribution in [3.63, 3.8) is 0 Å². The molecule has 7 heteroatoms. The maximum absolute atomic E-state index is 4.88. The van der Waals surface area contributed by atoms with Crippen LogP contribution in [-0.2, 0) is 6.42 Å². The van der Waals surface area contributed by atoms with E-state index in [0.717, 1.165) is 69.5 Å².